The fourth-order valence-corrected chi connectivity index (χ4v) is 3.46. The predicted molar refractivity (Wildman–Crippen MR) is 81.1 cm³/mol. The summed E-state index contributed by atoms with van der Waals surface area (Å²) in [5.41, 5.74) is 0.875. The van der Waals surface area contributed by atoms with Gasteiger partial charge in [-0.05, 0) is 23.6 Å². The molecule has 0 saturated carbocycles. The molecule has 1 aliphatic rings. The van der Waals surface area contributed by atoms with Crippen molar-refractivity contribution in [3.63, 3.8) is 0 Å². The Morgan fingerprint density at radius 3 is 2.62 bits per heavy atom. The number of carbonyl (C=O) groups excluding carboxylic acids is 2. The van der Waals surface area contributed by atoms with Crippen molar-refractivity contribution >= 4 is 28.9 Å². The lowest BCUT2D eigenvalue weighted by Gasteiger charge is -2.46. The summed E-state index contributed by atoms with van der Waals surface area (Å²) in [4.78, 5) is 26.3. The van der Waals surface area contributed by atoms with Crippen LogP contribution in [-0.4, -0.2) is 18.5 Å². The molecule has 1 fully saturated rings. The minimum atomic E-state index is -0.356. The highest BCUT2D eigenvalue weighted by atomic mass is 32.1. The third-order valence-electron chi connectivity index (χ3n) is 3.55. The molecule has 4 nitrogen and oxygen atoms in total. The quantitative estimate of drug-likeness (QED) is 0.644. The van der Waals surface area contributed by atoms with Crippen LogP contribution in [0.15, 0.2) is 47.8 Å². The van der Waals surface area contributed by atoms with E-state index in [9.17, 15) is 9.59 Å². The average molecular weight is 301 g/mol. The molecule has 108 valence electrons. The van der Waals surface area contributed by atoms with Gasteiger partial charge < -0.3 is 9.64 Å². The second-order valence-corrected chi connectivity index (χ2v) is 5.89. The third kappa shape index (κ3) is 2.56. The van der Waals surface area contributed by atoms with Gasteiger partial charge in [0.25, 0.3) is 0 Å². The molecule has 1 saturated heterocycles. The van der Waals surface area contributed by atoms with Crippen molar-refractivity contribution in [2.24, 2.45) is 5.92 Å². The predicted octanol–water partition coefficient (Wildman–Crippen LogP) is 3.02. The molecule has 2 aromatic rings. The largest absolute Gasteiger partial charge is 0.465 e. The SMILES string of the molecule is CC(=O)OC[C@H]1C(=O)N(c2ccccc2)[C@@H]1c1cccs1. The minimum Gasteiger partial charge on any atom is -0.465 e. The summed E-state index contributed by atoms with van der Waals surface area (Å²) in [7, 11) is 0. The van der Waals surface area contributed by atoms with Gasteiger partial charge in [-0.2, -0.15) is 0 Å². The first-order valence-corrected chi connectivity index (χ1v) is 7.61. The van der Waals surface area contributed by atoms with Crippen LogP contribution in [-0.2, 0) is 14.3 Å². The van der Waals surface area contributed by atoms with Crippen LogP contribution in [0.25, 0.3) is 0 Å². The van der Waals surface area contributed by atoms with E-state index < -0.39 is 0 Å². The number of amides is 1. The molecule has 1 aliphatic heterocycles. The molecular formula is C16H15NO3S. The molecule has 1 amide bonds. The topological polar surface area (TPSA) is 46.6 Å². The number of hydrogen-bond acceptors (Lipinski definition) is 4. The molecule has 5 heteroatoms. The number of esters is 1. The van der Waals surface area contributed by atoms with E-state index in [4.69, 9.17) is 4.74 Å². The molecule has 1 aromatic carbocycles. The van der Waals surface area contributed by atoms with Crippen molar-refractivity contribution in [2.45, 2.75) is 13.0 Å². The van der Waals surface area contributed by atoms with Gasteiger partial charge in [0.15, 0.2) is 0 Å². The number of carbonyl (C=O) groups is 2. The summed E-state index contributed by atoms with van der Waals surface area (Å²) < 4.78 is 5.05. The molecule has 0 aliphatic carbocycles. The number of ether oxygens (including phenoxy) is 1. The van der Waals surface area contributed by atoms with Gasteiger partial charge in [0, 0.05) is 17.5 Å². The molecule has 2 heterocycles. The Morgan fingerprint density at radius 1 is 1.24 bits per heavy atom. The zero-order chi connectivity index (χ0) is 14.8. The first-order valence-electron chi connectivity index (χ1n) is 6.73. The zero-order valence-corrected chi connectivity index (χ0v) is 12.4. The van der Waals surface area contributed by atoms with Crippen molar-refractivity contribution < 1.29 is 14.3 Å². The monoisotopic (exact) mass is 301 g/mol. The Labute approximate surface area is 127 Å². The van der Waals surface area contributed by atoms with Crippen molar-refractivity contribution in [3.8, 4) is 0 Å². The zero-order valence-electron chi connectivity index (χ0n) is 11.6. The first kappa shape index (κ1) is 13.8. The van der Waals surface area contributed by atoms with Crippen LogP contribution in [0.4, 0.5) is 5.69 Å². The fraction of sp³-hybridized carbons (Fsp3) is 0.250. The molecule has 0 unspecified atom stereocenters. The molecule has 3 rings (SSSR count). The van der Waals surface area contributed by atoms with Gasteiger partial charge >= 0.3 is 5.97 Å². The molecule has 0 radical (unpaired) electrons. The van der Waals surface area contributed by atoms with E-state index in [-0.39, 0.29) is 30.4 Å². The molecule has 0 bridgehead atoms. The van der Waals surface area contributed by atoms with Crippen molar-refractivity contribution in [3.05, 3.63) is 52.7 Å². The standard InChI is InChI=1S/C16H15NO3S/c1-11(18)20-10-13-15(14-8-5-9-21-14)17(16(13)19)12-6-3-2-4-7-12/h2-9,13,15H,10H2,1H3/t13-,15+/m1/s1. The number of thiophene rings is 1. The van der Waals surface area contributed by atoms with Gasteiger partial charge in [0.05, 0.1) is 12.0 Å². The maximum absolute atomic E-state index is 12.4. The Bertz CT molecular complexity index is 639. The smallest absolute Gasteiger partial charge is 0.302 e. The van der Waals surface area contributed by atoms with Crippen LogP contribution < -0.4 is 4.90 Å². The number of β-lactam (4-membered cyclic amide) rings is 1. The van der Waals surface area contributed by atoms with Gasteiger partial charge in [-0.1, -0.05) is 24.3 Å². The van der Waals surface area contributed by atoms with Crippen LogP contribution in [0.2, 0.25) is 0 Å². The van der Waals surface area contributed by atoms with Crippen LogP contribution in [0, 0.1) is 5.92 Å². The van der Waals surface area contributed by atoms with Crippen LogP contribution in [0.5, 0.6) is 0 Å². The Kier molecular flexibility index (Phi) is 3.75. The van der Waals surface area contributed by atoms with E-state index in [1.165, 1.54) is 6.92 Å². The molecule has 2 atom stereocenters. The lowest BCUT2D eigenvalue weighted by Crippen LogP contribution is -2.56. The molecule has 1 aromatic heterocycles. The number of rotatable bonds is 4. The maximum atomic E-state index is 12.4. The van der Waals surface area contributed by atoms with Crippen molar-refractivity contribution in [1.29, 1.82) is 0 Å². The highest BCUT2D eigenvalue weighted by Crippen LogP contribution is 2.44. The molecule has 21 heavy (non-hydrogen) atoms. The second-order valence-electron chi connectivity index (χ2n) is 4.91. The van der Waals surface area contributed by atoms with E-state index in [1.54, 1.807) is 16.2 Å². The summed E-state index contributed by atoms with van der Waals surface area (Å²) in [6.45, 7) is 1.50. The van der Waals surface area contributed by atoms with E-state index >= 15 is 0 Å². The molecular weight excluding hydrogens is 286 g/mol. The lowest BCUT2D eigenvalue weighted by molar-refractivity contribution is -0.146. The number of hydrogen-bond donors (Lipinski definition) is 0. The Hall–Kier alpha value is -2.14. The Balaban J connectivity index is 1.87. The highest BCUT2D eigenvalue weighted by molar-refractivity contribution is 7.10. The van der Waals surface area contributed by atoms with Gasteiger partial charge in [0.2, 0.25) is 5.91 Å². The second kappa shape index (κ2) is 5.69. The number of benzene rings is 1. The average Bonchev–Trinajstić information content (AvgIpc) is 2.99. The van der Waals surface area contributed by atoms with E-state index in [2.05, 4.69) is 0 Å². The highest BCUT2D eigenvalue weighted by Gasteiger charge is 2.49. The minimum absolute atomic E-state index is 0.000787. The van der Waals surface area contributed by atoms with Gasteiger partial charge in [-0.3, -0.25) is 9.59 Å². The number of anilines is 1. The summed E-state index contributed by atoms with van der Waals surface area (Å²) in [5, 5.41) is 1.99. The van der Waals surface area contributed by atoms with Gasteiger partial charge in [-0.15, -0.1) is 11.3 Å². The molecule has 0 spiro atoms. The summed E-state index contributed by atoms with van der Waals surface area (Å²) in [6, 6.07) is 13.5. The fourth-order valence-electron chi connectivity index (χ4n) is 2.58. The van der Waals surface area contributed by atoms with Crippen LogP contribution >= 0.6 is 11.3 Å². The first-order chi connectivity index (χ1) is 10.2. The van der Waals surface area contributed by atoms with E-state index in [1.807, 2.05) is 47.8 Å². The van der Waals surface area contributed by atoms with E-state index in [0.717, 1.165) is 10.6 Å². The summed E-state index contributed by atoms with van der Waals surface area (Å²) in [5.74, 6) is -0.653. The third-order valence-corrected chi connectivity index (χ3v) is 4.49. The molecule has 0 N–H and O–H groups in total. The van der Waals surface area contributed by atoms with Crippen LogP contribution in [0.1, 0.15) is 17.8 Å². The summed E-state index contributed by atoms with van der Waals surface area (Å²) >= 11 is 1.61. The van der Waals surface area contributed by atoms with E-state index in [0.29, 0.717) is 0 Å². The number of nitrogens with zero attached hydrogens (tertiary/aromatic N) is 1. The van der Waals surface area contributed by atoms with Crippen LogP contribution in [0.3, 0.4) is 0 Å². The normalized spacial score (nSPS) is 21.0. The van der Waals surface area contributed by atoms with Crippen molar-refractivity contribution in [2.75, 3.05) is 11.5 Å². The van der Waals surface area contributed by atoms with Gasteiger partial charge in [0.1, 0.15) is 6.61 Å². The van der Waals surface area contributed by atoms with Crippen molar-refractivity contribution in [1.82, 2.24) is 0 Å². The summed E-state index contributed by atoms with van der Waals surface area (Å²) in [6.07, 6.45) is 0. The Morgan fingerprint density at radius 2 is 2.00 bits per heavy atom. The lowest BCUT2D eigenvalue weighted by atomic mass is 9.86. The maximum Gasteiger partial charge on any atom is 0.302 e. The van der Waals surface area contributed by atoms with Gasteiger partial charge in [-0.25, -0.2) is 0 Å². The number of para-hydroxylation sites is 1.